The summed E-state index contributed by atoms with van der Waals surface area (Å²) in [5.74, 6) is 0.851. The van der Waals surface area contributed by atoms with E-state index in [9.17, 15) is 0 Å². The van der Waals surface area contributed by atoms with Crippen molar-refractivity contribution < 1.29 is 0 Å². The Balaban J connectivity index is 2.22. The van der Waals surface area contributed by atoms with Gasteiger partial charge in [-0.25, -0.2) is 0 Å². The molecule has 0 saturated heterocycles. The zero-order valence-electron chi connectivity index (χ0n) is 9.34. The summed E-state index contributed by atoms with van der Waals surface area (Å²) in [7, 11) is 0. The molecule has 1 fully saturated rings. The van der Waals surface area contributed by atoms with Gasteiger partial charge in [0.05, 0.1) is 0 Å². The van der Waals surface area contributed by atoms with Crippen molar-refractivity contribution in [2.24, 2.45) is 0 Å². The fourth-order valence-corrected chi connectivity index (χ4v) is 2.70. The van der Waals surface area contributed by atoms with Crippen LogP contribution in [0.15, 0.2) is 18.2 Å². The molecule has 0 aliphatic heterocycles. The molecule has 0 nitrogen and oxygen atoms in total. The topological polar surface area (TPSA) is 0 Å². The van der Waals surface area contributed by atoms with E-state index in [1.807, 2.05) is 0 Å². The Labute approximate surface area is 87.3 Å². The van der Waals surface area contributed by atoms with Gasteiger partial charge in [0.2, 0.25) is 0 Å². The van der Waals surface area contributed by atoms with E-state index in [1.54, 1.807) is 5.56 Å². The minimum absolute atomic E-state index is 0.851. The first-order chi connectivity index (χ1) is 6.77. The highest BCUT2D eigenvalue weighted by molar-refractivity contribution is 5.33. The summed E-state index contributed by atoms with van der Waals surface area (Å²) in [6, 6.07) is 6.93. The van der Waals surface area contributed by atoms with Crippen molar-refractivity contribution in [1.82, 2.24) is 0 Å². The van der Waals surface area contributed by atoms with Gasteiger partial charge in [0.1, 0.15) is 0 Å². The summed E-state index contributed by atoms with van der Waals surface area (Å²) >= 11 is 0. The predicted molar refractivity (Wildman–Crippen MR) is 61.7 cm³/mol. The molecule has 0 radical (unpaired) electrons. The minimum Gasteiger partial charge on any atom is -0.0590 e. The molecular formula is C14H20. The van der Waals surface area contributed by atoms with Gasteiger partial charge in [0, 0.05) is 0 Å². The Kier molecular flexibility index (Phi) is 2.90. The van der Waals surface area contributed by atoms with Crippen LogP contribution in [0.4, 0.5) is 0 Å². The lowest BCUT2D eigenvalue weighted by Gasteiger charge is -2.23. The van der Waals surface area contributed by atoms with Crippen LogP contribution in [0.3, 0.4) is 0 Å². The lowest BCUT2D eigenvalue weighted by Crippen LogP contribution is -2.06. The molecule has 0 aromatic heterocycles. The summed E-state index contributed by atoms with van der Waals surface area (Å²) < 4.78 is 0. The summed E-state index contributed by atoms with van der Waals surface area (Å²) in [6.07, 6.45) is 7.12. The molecule has 2 rings (SSSR count). The second kappa shape index (κ2) is 4.16. The molecule has 76 valence electrons. The van der Waals surface area contributed by atoms with E-state index in [2.05, 4.69) is 32.0 Å². The average molecular weight is 188 g/mol. The van der Waals surface area contributed by atoms with E-state index >= 15 is 0 Å². The maximum Gasteiger partial charge on any atom is -0.0159 e. The second-order valence-electron chi connectivity index (χ2n) is 4.69. The first-order valence-electron chi connectivity index (χ1n) is 5.84. The molecule has 0 bridgehead atoms. The summed E-state index contributed by atoms with van der Waals surface area (Å²) in [5, 5.41) is 0. The minimum atomic E-state index is 0.851. The molecule has 0 N–H and O–H groups in total. The van der Waals surface area contributed by atoms with Gasteiger partial charge in [0.15, 0.2) is 0 Å². The molecule has 14 heavy (non-hydrogen) atoms. The number of hydrogen-bond donors (Lipinski definition) is 0. The molecule has 1 aromatic carbocycles. The molecule has 1 aliphatic rings. The van der Waals surface area contributed by atoms with Crippen molar-refractivity contribution in [3.8, 4) is 0 Å². The van der Waals surface area contributed by atoms with Crippen LogP contribution in [0.5, 0.6) is 0 Å². The first kappa shape index (κ1) is 9.76. The molecule has 1 aliphatic carbocycles. The third kappa shape index (κ3) is 2.00. The highest BCUT2D eigenvalue weighted by Crippen LogP contribution is 2.34. The van der Waals surface area contributed by atoms with E-state index in [-0.39, 0.29) is 0 Å². The van der Waals surface area contributed by atoms with Gasteiger partial charge >= 0.3 is 0 Å². The number of aryl methyl sites for hydroxylation is 2. The summed E-state index contributed by atoms with van der Waals surface area (Å²) in [5.41, 5.74) is 4.49. The first-order valence-corrected chi connectivity index (χ1v) is 5.84. The van der Waals surface area contributed by atoms with Crippen molar-refractivity contribution >= 4 is 0 Å². The molecule has 0 unspecified atom stereocenters. The lowest BCUT2D eigenvalue weighted by molar-refractivity contribution is 0.442. The van der Waals surface area contributed by atoms with Crippen LogP contribution in [-0.4, -0.2) is 0 Å². The SMILES string of the molecule is Cc1ccc(C2CCCCC2)c(C)c1. The number of benzene rings is 1. The fraction of sp³-hybridized carbons (Fsp3) is 0.571. The molecule has 0 atom stereocenters. The van der Waals surface area contributed by atoms with Crippen LogP contribution in [0.1, 0.15) is 54.7 Å². The Bertz CT molecular complexity index is 306. The Morgan fingerprint density at radius 1 is 1.00 bits per heavy atom. The Morgan fingerprint density at radius 3 is 2.36 bits per heavy atom. The highest BCUT2D eigenvalue weighted by atomic mass is 14.2. The van der Waals surface area contributed by atoms with E-state index < -0.39 is 0 Å². The van der Waals surface area contributed by atoms with E-state index in [4.69, 9.17) is 0 Å². The van der Waals surface area contributed by atoms with Crippen molar-refractivity contribution in [3.63, 3.8) is 0 Å². The van der Waals surface area contributed by atoms with Crippen LogP contribution in [0.2, 0.25) is 0 Å². The molecule has 0 heterocycles. The smallest absolute Gasteiger partial charge is 0.0159 e. The molecular weight excluding hydrogens is 168 g/mol. The van der Waals surface area contributed by atoms with Gasteiger partial charge in [-0.1, -0.05) is 43.0 Å². The lowest BCUT2D eigenvalue weighted by atomic mass is 9.82. The van der Waals surface area contributed by atoms with Crippen molar-refractivity contribution in [2.45, 2.75) is 51.9 Å². The number of hydrogen-bond acceptors (Lipinski definition) is 0. The van der Waals surface area contributed by atoms with Gasteiger partial charge in [-0.05, 0) is 43.7 Å². The maximum atomic E-state index is 2.35. The third-order valence-electron chi connectivity index (χ3n) is 3.47. The highest BCUT2D eigenvalue weighted by Gasteiger charge is 2.16. The van der Waals surface area contributed by atoms with E-state index in [0.717, 1.165) is 5.92 Å². The van der Waals surface area contributed by atoms with Crippen molar-refractivity contribution in [3.05, 3.63) is 34.9 Å². The van der Waals surface area contributed by atoms with Gasteiger partial charge in [-0.15, -0.1) is 0 Å². The zero-order chi connectivity index (χ0) is 9.97. The van der Waals surface area contributed by atoms with Gasteiger partial charge in [-0.2, -0.15) is 0 Å². The van der Waals surface area contributed by atoms with E-state index in [1.165, 1.54) is 43.2 Å². The molecule has 0 spiro atoms. The summed E-state index contributed by atoms with van der Waals surface area (Å²) in [6.45, 7) is 4.44. The van der Waals surface area contributed by atoms with Gasteiger partial charge < -0.3 is 0 Å². The van der Waals surface area contributed by atoms with Crippen molar-refractivity contribution in [2.75, 3.05) is 0 Å². The molecule has 0 amide bonds. The Hall–Kier alpha value is -0.780. The number of rotatable bonds is 1. The largest absolute Gasteiger partial charge is 0.0590 e. The third-order valence-corrected chi connectivity index (χ3v) is 3.47. The van der Waals surface area contributed by atoms with Crippen LogP contribution >= 0.6 is 0 Å². The molecule has 1 aromatic rings. The molecule has 1 saturated carbocycles. The fourth-order valence-electron chi connectivity index (χ4n) is 2.70. The standard InChI is InChI=1S/C14H20/c1-11-8-9-14(12(2)10-11)13-6-4-3-5-7-13/h8-10,13H,3-7H2,1-2H3. The van der Waals surface area contributed by atoms with Crippen LogP contribution in [-0.2, 0) is 0 Å². The zero-order valence-corrected chi connectivity index (χ0v) is 9.34. The van der Waals surface area contributed by atoms with Gasteiger partial charge in [-0.3, -0.25) is 0 Å². The van der Waals surface area contributed by atoms with Crippen LogP contribution < -0.4 is 0 Å². The second-order valence-corrected chi connectivity index (χ2v) is 4.69. The Morgan fingerprint density at radius 2 is 1.71 bits per heavy atom. The monoisotopic (exact) mass is 188 g/mol. The average Bonchev–Trinajstić information content (AvgIpc) is 2.19. The van der Waals surface area contributed by atoms with Crippen molar-refractivity contribution in [1.29, 1.82) is 0 Å². The van der Waals surface area contributed by atoms with E-state index in [0.29, 0.717) is 0 Å². The maximum absolute atomic E-state index is 2.35. The van der Waals surface area contributed by atoms with Gasteiger partial charge in [0.25, 0.3) is 0 Å². The summed E-state index contributed by atoms with van der Waals surface area (Å²) in [4.78, 5) is 0. The quantitative estimate of drug-likeness (QED) is 0.614. The normalized spacial score (nSPS) is 18.4. The van der Waals surface area contributed by atoms with Crippen LogP contribution in [0.25, 0.3) is 0 Å². The molecule has 0 heteroatoms. The van der Waals surface area contributed by atoms with Crippen LogP contribution in [0, 0.1) is 13.8 Å². The predicted octanol–water partition coefficient (Wildman–Crippen LogP) is 4.35.